The van der Waals surface area contributed by atoms with E-state index in [1.54, 1.807) is 13.0 Å². The number of aryl methyl sites for hydroxylation is 3. The van der Waals surface area contributed by atoms with E-state index in [4.69, 9.17) is 0 Å². The first-order valence-corrected chi connectivity index (χ1v) is 8.36. The zero-order valence-electron chi connectivity index (χ0n) is 13.6. The maximum atomic E-state index is 12.2. The van der Waals surface area contributed by atoms with Gasteiger partial charge in [-0.05, 0) is 50.1 Å². The molecule has 122 valence electrons. The number of H-pyrrole nitrogens is 1. The smallest absolute Gasteiger partial charge is 0.263 e. The molecular formula is C18H17N3O2S. The number of nitrogens with zero attached hydrogens (tertiary/aromatic N) is 1. The van der Waals surface area contributed by atoms with Crippen LogP contribution in [-0.2, 0) is 0 Å². The Morgan fingerprint density at radius 3 is 2.62 bits per heavy atom. The zero-order valence-corrected chi connectivity index (χ0v) is 14.5. The van der Waals surface area contributed by atoms with Crippen LogP contribution in [0.3, 0.4) is 0 Å². The summed E-state index contributed by atoms with van der Waals surface area (Å²) in [6.07, 6.45) is 0. The fourth-order valence-electron chi connectivity index (χ4n) is 2.28. The third-order valence-electron chi connectivity index (χ3n) is 3.83. The number of hydrogen-bond donors (Lipinski definition) is 2. The summed E-state index contributed by atoms with van der Waals surface area (Å²) in [5.41, 5.74) is 4.60. The van der Waals surface area contributed by atoms with Crippen molar-refractivity contribution < 1.29 is 4.79 Å². The number of carbonyl (C=O) groups excluding carboxylic acids is 1. The molecule has 0 radical (unpaired) electrons. The van der Waals surface area contributed by atoms with Gasteiger partial charge in [0, 0.05) is 16.6 Å². The molecule has 5 nitrogen and oxygen atoms in total. The van der Waals surface area contributed by atoms with Gasteiger partial charge in [-0.1, -0.05) is 12.1 Å². The molecule has 0 atom stereocenters. The predicted octanol–water partition coefficient (Wildman–Crippen LogP) is 3.68. The van der Waals surface area contributed by atoms with Gasteiger partial charge in [0.05, 0.1) is 5.69 Å². The summed E-state index contributed by atoms with van der Waals surface area (Å²) in [7, 11) is 0. The molecule has 0 unspecified atom stereocenters. The highest BCUT2D eigenvalue weighted by Crippen LogP contribution is 2.26. The zero-order chi connectivity index (χ0) is 17.3. The topological polar surface area (TPSA) is 74.8 Å². The van der Waals surface area contributed by atoms with Crippen molar-refractivity contribution in [2.24, 2.45) is 0 Å². The normalized spacial score (nSPS) is 10.6. The molecule has 3 rings (SSSR count). The molecule has 0 bridgehead atoms. The third-order valence-corrected chi connectivity index (χ3v) is 4.58. The van der Waals surface area contributed by atoms with Crippen molar-refractivity contribution in [2.45, 2.75) is 20.8 Å². The number of aromatic amines is 1. The Morgan fingerprint density at radius 1 is 1.12 bits per heavy atom. The molecule has 0 aliphatic rings. The Balaban J connectivity index is 1.82. The molecule has 0 aliphatic heterocycles. The monoisotopic (exact) mass is 339 g/mol. The minimum atomic E-state index is -0.461. The highest BCUT2D eigenvalue weighted by Gasteiger charge is 2.13. The summed E-state index contributed by atoms with van der Waals surface area (Å²) in [6, 6.07) is 9.34. The van der Waals surface area contributed by atoms with Crippen LogP contribution < -0.4 is 10.9 Å². The van der Waals surface area contributed by atoms with E-state index in [2.05, 4.69) is 35.2 Å². The van der Waals surface area contributed by atoms with E-state index in [1.807, 2.05) is 17.5 Å². The Kier molecular flexibility index (Phi) is 4.31. The first-order chi connectivity index (χ1) is 11.4. The van der Waals surface area contributed by atoms with Crippen LogP contribution in [0.4, 0.5) is 5.13 Å². The van der Waals surface area contributed by atoms with Gasteiger partial charge in [-0.2, -0.15) is 0 Å². The molecule has 2 N–H and O–H groups in total. The Hall–Kier alpha value is -2.73. The van der Waals surface area contributed by atoms with Gasteiger partial charge in [-0.25, -0.2) is 4.98 Å². The minimum absolute atomic E-state index is 0.0727. The molecule has 2 aromatic heterocycles. The number of rotatable bonds is 3. The van der Waals surface area contributed by atoms with Crippen LogP contribution in [0.1, 0.15) is 27.2 Å². The first-order valence-electron chi connectivity index (χ1n) is 7.48. The summed E-state index contributed by atoms with van der Waals surface area (Å²) in [5, 5.41) is 5.04. The Morgan fingerprint density at radius 2 is 1.92 bits per heavy atom. The molecule has 0 spiro atoms. The van der Waals surface area contributed by atoms with Gasteiger partial charge in [-0.3, -0.25) is 14.9 Å². The van der Waals surface area contributed by atoms with E-state index < -0.39 is 11.5 Å². The van der Waals surface area contributed by atoms with Gasteiger partial charge < -0.3 is 4.98 Å². The molecule has 3 aromatic rings. The largest absolute Gasteiger partial charge is 0.326 e. The maximum absolute atomic E-state index is 12.2. The standard InChI is InChI=1S/C18H17N3O2S/c1-10-4-6-13(8-11(10)2)15-9-24-18(20-15)21-17(23)14-7-5-12(3)19-16(14)22/h4-9H,1-3H3,(H,19,22)(H,20,21,23). The van der Waals surface area contributed by atoms with E-state index in [0.717, 1.165) is 11.3 Å². The lowest BCUT2D eigenvalue weighted by atomic mass is 10.1. The fraction of sp³-hybridized carbons (Fsp3) is 0.167. The van der Waals surface area contributed by atoms with Gasteiger partial charge in [0.1, 0.15) is 5.56 Å². The lowest BCUT2D eigenvalue weighted by Gasteiger charge is -2.03. The average Bonchev–Trinajstić information content (AvgIpc) is 2.98. The molecule has 1 amide bonds. The summed E-state index contributed by atoms with van der Waals surface area (Å²) >= 11 is 1.33. The second kappa shape index (κ2) is 6.41. The Labute approximate surface area is 143 Å². The number of pyridine rings is 1. The van der Waals surface area contributed by atoms with Crippen molar-refractivity contribution in [2.75, 3.05) is 5.32 Å². The highest BCUT2D eigenvalue weighted by atomic mass is 32.1. The van der Waals surface area contributed by atoms with Crippen LogP contribution in [-0.4, -0.2) is 15.9 Å². The summed E-state index contributed by atoms with van der Waals surface area (Å²) in [6.45, 7) is 5.88. The molecule has 6 heteroatoms. The van der Waals surface area contributed by atoms with E-state index in [9.17, 15) is 9.59 Å². The number of hydrogen-bond acceptors (Lipinski definition) is 4. The van der Waals surface area contributed by atoms with Crippen LogP contribution in [0.15, 0.2) is 40.5 Å². The summed E-state index contributed by atoms with van der Waals surface area (Å²) in [4.78, 5) is 31.1. The quantitative estimate of drug-likeness (QED) is 0.764. The maximum Gasteiger partial charge on any atom is 0.263 e. The highest BCUT2D eigenvalue weighted by molar-refractivity contribution is 7.14. The van der Waals surface area contributed by atoms with Crippen molar-refractivity contribution in [3.63, 3.8) is 0 Å². The van der Waals surface area contributed by atoms with Gasteiger partial charge in [0.15, 0.2) is 5.13 Å². The van der Waals surface area contributed by atoms with E-state index >= 15 is 0 Å². The lowest BCUT2D eigenvalue weighted by molar-refractivity contribution is 0.102. The molecule has 0 aliphatic carbocycles. The van der Waals surface area contributed by atoms with Crippen molar-refractivity contribution >= 4 is 22.4 Å². The van der Waals surface area contributed by atoms with Gasteiger partial charge >= 0.3 is 0 Å². The molecule has 0 fully saturated rings. The number of amides is 1. The molecule has 2 heterocycles. The van der Waals surface area contributed by atoms with Crippen LogP contribution >= 0.6 is 11.3 Å². The molecule has 24 heavy (non-hydrogen) atoms. The fourth-order valence-corrected chi connectivity index (χ4v) is 2.99. The Bertz CT molecular complexity index is 972. The molecule has 0 saturated heterocycles. The number of anilines is 1. The van der Waals surface area contributed by atoms with Crippen LogP contribution in [0.2, 0.25) is 0 Å². The van der Waals surface area contributed by atoms with Crippen LogP contribution in [0.5, 0.6) is 0 Å². The van der Waals surface area contributed by atoms with Crippen molar-refractivity contribution in [1.29, 1.82) is 0 Å². The van der Waals surface area contributed by atoms with Crippen molar-refractivity contribution in [1.82, 2.24) is 9.97 Å². The van der Waals surface area contributed by atoms with Gasteiger partial charge in [0.25, 0.3) is 11.5 Å². The van der Waals surface area contributed by atoms with E-state index in [0.29, 0.717) is 10.8 Å². The predicted molar refractivity (Wildman–Crippen MR) is 96.8 cm³/mol. The number of thiazole rings is 1. The lowest BCUT2D eigenvalue weighted by Crippen LogP contribution is -2.23. The first kappa shape index (κ1) is 16.1. The van der Waals surface area contributed by atoms with Gasteiger partial charge in [0.2, 0.25) is 0 Å². The average molecular weight is 339 g/mol. The second-order valence-electron chi connectivity index (χ2n) is 5.68. The minimum Gasteiger partial charge on any atom is -0.326 e. The SMILES string of the molecule is Cc1ccc(C(=O)Nc2nc(-c3ccc(C)c(C)c3)cs2)c(=O)[nH]1. The van der Waals surface area contributed by atoms with E-state index in [-0.39, 0.29) is 5.56 Å². The van der Waals surface area contributed by atoms with Crippen molar-refractivity contribution in [3.8, 4) is 11.3 Å². The van der Waals surface area contributed by atoms with Crippen LogP contribution in [0, 0.1) is 20.8 Å². The number of aromatic nitrogens is 2. The van der Waals surface area contributed by atoms with E-state index in [1.165, 1.54) is 28.5 Å². The van der Waals surface area contributed by atoms with Crippen LogP contribution in [0.25, 0.3) is 11.3 Å². The number of nitrogens with one attached hydrogen (secondary N) is 2. The van der Waals surface area contributed by atoms with Crippen molar-refractivity contribution in [3.05, 3.63) is 68.4 Å². The second-order valence-corrected chi connectivity index (χ2v) is 6.53. The summed E-state index contributed by atoms with van der Waals surface area (Å²) < 4.78 is 0. The molecule has 1 aromatic carbocycles. The number of carbonyl (C=O) groups is 1. The third kappa shape index (κ3) is 3.28. The van der Waals surface area contributed by atoms with Gasteiger partial charge in [-0.15, -0.1) is 11.3 Å². The molecule has 0 saturated carbocycles. The molecular weight excluding hydrogens is 322 g/mol. The summed E-state index contributed by atoms with van der Waals surface area (Å²) in [5.74, 6) is -0.461. The number of benzene rings is 1.